The second-order valence-corrected chi connectivity index (χ2v) is 13.3. The molecule has 1 spiro atoms. The van der Waals surface area contributed by atoms with Crippen LogP contribution >= 0.6 is 27.7 Å². The summed E-state index contributed by atoms with van der Waals surface area (Å²) in [6, 6.07) is -0.675. The zero-order valence-electron chi connectivity index (χ0n) is 21.1. The summed E-state index contributed by atoms with van der Waals surface area (Å²) < 4.78 is 4.93. The van der Waals surface area contributed by atoms with E-state index in [1.807, 2.05) is 20.8 Å². The number of halogens is 1. The van der Waals surface area contributed by atoms with E-state index in [4.69, 9.17) is 4.74 Å². The van der Waals surface area contributed by atoms with E-state index < -0.39 is 28.2 Å². The molecule has 3 aliphatic heterocycles. The first-order chi connectivity index (χ1) is 16.5. The Labute approximate surface area is 221 Å². The van der Waals surface area contributed by atoms with Crippen molar-refractivity contribution >= 4 is 45.5 Å². The van der Waals surface area contributed by atoms with Gasteiger partial charge in [0, 0.05) is 35.3 Å². The Kier molecular flexibility index (Phi) is 9.19. The summed E-state index contributed by atoms with van der Waals surface area (Å²) in [5.74, 6) is -1.78. The fraction of sp³-hybridized carbons (Fsp3) is 0.731. The molecule has 0 radical (unpaired) electrons. The van der Waals surface area contributed by atoms with Gasteiger partial charge in [0.15, 0.2) is 0 Å². The van der Waals surface area contributed by atoms with Crippen LogP contribution in [0.5, 0.6) is 0 Å². The lowest BCUT2D eigenvalue weighted by molar-refractivity contribution is -0.154. The van der Waals surface area contributed by atoms with Gasteiger partial charge in [0.1, 0.15) is 6.04 Å². The highest BCUT2D eigenvalue weighted by molar-refractivity contribution is 9.09. The van der Waals surface area contributed by atoms with Gasteiger partial charge >= 0.3 is 5.97 Å². The number of unbranched alkanes of at least 4 members (excludes halogenated alkanes) is 2. The highest BCUT2D eigenvalue weighted by atomic mass is 79.9. The first kappa shape index (κ1) is 28.3. The third kappa shape index (κ3) is 5.23. The fourth-order valence-electron chi connectivity index (χ4n) is 5.78. The normalized spacial score (nSPS) is 31.4. The van der Waals surface area contributed by atoms with Crippen molar-refractivity contribution in [2.24, 2.45) is 11.8 Å². The largest absolute Gasteiger partial charge is 0.465 e. The fourth-order valence-corrected chi connectivity index (χ4v) is 9.38. The first-order valence-electron chi connectivity index (χ1n) is 12.5. The van der Waals surface area contributed by atoms with Crippen molar-refractivity contribution in [3.05, 3.63) is 25.3 Å². The Morgan fingerprint density at radius 3 is 2.60 bits per heavy atom. The van der Waals surface area contributed by atoms with Gasteiger partial charge in [0.05, 0.1) is 23.2 Å². The molecule has 3 aliphatic rings. The number of amides is 2. The zero-order chi connectivity index (χ0) is 26.0. The maximum absolute atomic E-state index is 14.2. The second kappa shape index (κ2) is 11.4. The van der Waals surface area contributed by atoms with Crippen LogP contribution in [0.1, 0.15) is 52.9 Å². The van der Waals surface area contributed by atoms with Crippen molar-refractivity contribution in [3.63, 3.8) is 0 Å². The van der Waals surface area contributed by atoms with Crippen LogP contribution < -0.4 is 0 Å². The molecular formula is C26H39BrN2O5S. The van der Waals surface area contributed by atoms with Crippen LogP contribution in [-0.2, 0) is 19.1 Å². The highest BCUT2D eigenvalue weighted by Gasteiger charge is 2.76. The number of fused-ring (bicyclic) bond motifs is 1. The molecule has 1 N–H and O–H groups in total. The summed E-state index contributed by atoms with van der Waals surface area (Å²) in [4.78, 5) is 44.9. The number of carbonyl (C=O) groups excluding carboxylic acids is 3. The lowest BCUT2D eigenvalue weighted by Crippen LogP contribution is -2.59. The molecule has 3 fully saturated rings. The van der Waals surface area contributed by atoms with E-state index in [9.17, 15) is 19.5 Å². The van der Waals surface area contributed by atoms with Gasteiger partial charge in [0.25, 0.3) is 0 Å². The third-order valence-electron chi connectivity index (χ3n) is 7.29. The van der Waals surface area contributed by atoms with Crippen LogP contribution in [-0.4, -0.2) is 85.4 Å². The van der Waals surface area contributed by atoms with Crippen molar-refractivity contribution in [2.75, 3.05) is 26.3 Å². The minimum atomic E-state index is -0.693. The Balaban J connectivity index is 1.99. The third-order valence-corrected chi connectivity index (χ3v) is 10.5. The average Bonchev–Trinajstić information content (AvgIpc) is 3.37. The number of hydrogen-bond donors (Lipinski definition) is 1. The molecule has 196 valence electrons. The van der Waals surface area contributed by atoms with Crippen LogP contribution in [0.4, 0.5) is 0 Å². The predicted octanol–water partition coefficient (Wildman–Crippen LogP) is 3.55. The van der Waals surface area contributed by atoms with E-state index in [-0.39, 0.29) is 34.5 Å². The van der Waals surface area contributed by atoms with Gasteiger partial charge in [-0.1, -0.05) is 28.1 Å². The summed E-state index contributed by atoms with van der Waals surface area (Å²) in [5, 5.41) is 9.20. The molecule has 2 bridgehead atoms. The summed E-state index contributed by atoms with van der Waals surface area (Å²) in [7, 11) is 0. The minimum absolute atomic E-state index is 0.0115. The molecule has 0 saturated carbocycles. The molecule has 3 saturated heterocycles. The molecule has 0 aromatic heterocycles. The van der Waals surface area contributed by atoms with Gasteiger partial charge in [-0.2, -0.15) is 0 Å². The van der Waals surface area contributed by atoms with E-state index in [0.717, 1.165) is 6.42 Å². The summed E-state index contributed by atoms with van der Waals surface area (Å²) >= 11 is 5.39. The lowest BCUT2D eigenvalue weighted by atomic mass is 9.71. The van der Waals surface area contributed by atoms with Crippen LogP contribution in [0.2, 0.25) is 0 Å². The maximum atomic E-state index is 14.2. The molecular weight excluding hydrogens is 532 g/mol. The minimum Gasteiger partial charge on any atom is -0.465 e. The monoisotopic (exact) mass is 570 g/mol. The number of aliphatic hydroxyl groups excluding tert-OH is 1. The number of aliphatic hydroxyl groups is 1. The van der Waals surface area contributed by atoms with Gasteiger partial charge in [-0.25, -0.2) is 0 Å². The lowest BCUT2D eigenvalue weighted by Gasteiger charge is -2.42. The van der Waals surface area contributed by atoms with Crippen LogP contribution in [0.15, 0.2) is 25.3 Å². The van der Waals surface area contributed by atoms with Crippen molar-refractivity contribution in [2.45, 2.75) is 79.3 Å². The number of ether oxygens (including phenoxy) is 1. The average molecular weight is 572 g/mol. The second-order valence-electron chi connectivity index (χ2n) is 10.6. The number of likely N-dealkylation sites (tertiary alicyclic amines) is 1. The van der Waals surface area contributed by atoms with Gasteiger partial charge in [-0.15, -0.1) is 24.9 Å². The molecule has 35 heavy (non-hydrogen) atoms. The Bertz CT molecular complexity index is 846. The number of rotatable bonds is 12. The summed E-state index contributed by atoms with van der Waals surface area (Å²) in [5.41, 5.74) is -0.460. The molecule has 3 unspecified atom stereocenters. The van der Waals surface area contributed by atoms with Gasteiger partial charge in [0.2, 0.25) is 11.8 Å². The molecule has 0 aromatic rings. The molecule has 3 rings (SSSR count). The van der Waals surface area contributed by atoms with E-state index in [2.05, 4.69) is 29.1 Å². The van der Waals surface area contributed by atoms with Gasteiger partial charge in [-0.05, 0) is 52.9 Å². The predicted molar refractivity (Wildman–Crippen MR) is 142 cm³/mol. The smallest absolute Gasteiger partial charge is 0.310 e. The van der Waals surface area contributed by atoms with E-state index in [1.54, 1.807) is 33.7 Å². The zero-order valence-corrected chi connectivity index (χ0v) is 23.5. The number of alkyl halides is 1. The SMILES string of the molecule is C=CCCCOC(=O)[C@H]1[C@H]2C(=O)N(CCCCO)C(C(=O)N(CC=C)C(C)(C)C)C23CC(Br)[C@@H]1S3. The van der Waals surface area contributed by atoms with Crippen LogP contribution in [0.25, 0.3) is 0 Å². The quantitative estimate of drug-likeness (QED) is 0.167. The number of hydrogen-bond acceptors (Lipinski definition) is 6. The van der Waals surface area contributed by atoms with Crippen molar-refractivity contribution in [3.8, 4) is 0 Å². The number of thioether (sulfide) groups is 1. The van der Waals surface area contributed by atoms with Gasteiger partial charge in [-0.3, -0.25) is 14.4 Å². The number of esters is 1. The molecule has 7 nitrogen and oxygen atoms in total. The number of allylic oxidation sites excluding steroid dienone is 1. The molecule has 6 atom stereocenters. The Morgan fingerprint density at radius 1 is 1.29 bits per heavy atom. The van der Waals surface area contributed by atoms with Crippen LogP contribution in [0, 0.1) is 11.8 Å². The first-order valence-corrected chi connectivity index (χ1v) is 14.3. The molecule has 9 heteroatoms. The highest BCUT2D eigenvalue weighted by Crippen LogP contribution is 2.68. The standard InChI is InChI=1S/C26H39BrN2O5S/c1-6-8-11-15-34-24(33)18-19-22(31)28(13-9-10-14-30)21(26(19)16-17(27)20(18)35-26)23(32)29(12-7-2)25(3,4)5/h6-7,17-21,30H,1-2,8-16H2,3-5H3/t17?,18-,19-,20-,21?,26?/m0/s1. The van der Waals surface area contributed by atoms with E-state index in [1.165, 1.54) is 0 Å². The molecule has 0 aliphatic carbocycles. The van der Waals surface area contributed by atoms with Gasteiger partial charge < -0.3 is 19.6 Å². The summed E-state index contributed by atoms with van der Waals surface area (Å²) in [6.07, 6.45) is 6.72. The topological polar surface area (TPSA) is 87.1 Å². The Morgan fingerprint density at radius 2 is 2.00 bits per heavy atom. The molecule has 0 aromatic carbocycles. The van der Waals surface area contributed by atoms with E-state index in [0.29, 0.717) is 45.4 Å². The molecule has 3 heterocycles. The van der Waals surface area contributed by atoms with Crippen molar-refractivity contribution in [1.29, 1.82) is 0 Å². The number of nitrogens with zero attached hydrogens (tertiary/aromatic N) is 2. The van der Waals surface area contributed by atoms with Crippen LogP contribution in [0.3, 0.4) is 0 Å². The number of carbonyl (C=O) groups is 3. The van der Waals surface area contributed by atoms with Crippen molar-refractivity contribution < 1.29 is 24.2 Å². The van der Waals surface area contributed by atoms with Crippen molar-refractivity contribution in [1.82, 2.24) is 9.80 Å². The molecule has 2 amide bonds. The Hall–Kier alpha value is -1.32. The van der Waals surface area contributed by atoms with E-state index >= 15 is 0 Å². The summed E-state index contributed by atoms with van der Waals surface area (Å²) in [6.45, 7) is 14.5. The maximum Gasteiger partial charge on any atom is 0.310 e.